The van der Waals surface area contributed by atoms with Crippen molar-refractivity contribution in [1.82, 2.24) is 0 Å². The zero-order chi connectivity index (χ0) is 9.90. The van der Waals surface area contributed by atoms with Crippen LogP contribution in [0.25, 0.3) is 0 Å². The molecule has 2 heteroatoms. The van der Waals surface area contributed by atoms with E-state index in [-0.39, 0.29) is 18.1 Å². The van der Waals surface area contributed by atoms with Crippen molar-refractivity contribution in [2.75, 3.05) is 6.61 Å². The lowest BCUT2D eigenvalue weighted by Gasteiger charge is -2.42. The quantitative estimate of drug-likeness (QED) is 0.705. The highest BCUT2D eigenvalue weighted by Gasteiger charge is 2.36. The third-order valence-corrected chi connectivity index (χ3v) is 3.85. The Morgan fingerprint density at radius 3 is 2.38 bits per heavy atom. The van der Waals surface area contributed by atoms with Crippen LogP contribution in [0.4, 0.5) is 0 Å². The van der Waals surface area contributed by atoms with E-state index in [1.807, 2.05) is 0 Å². The van der Waals surface area contributed by atoms with Crippen molar-refractivity contribution in [3.63, 3.8) is 0 Å². The molecule has 3 N–H and O–H groups in total. The third kappa shape index (κ3) is 2.44. The van der Waals surface area contributed by atoms with Crippen molar-refractivity contribution in [2.24, 2.45) is 17.1 Å². The van der Waals surface area contributed by atoms with E-state index in [1.54, 1.807) is 0 Å². The Balaban J connectivity index is 2.58. The lowest BCUT2D eigenvalue weighted by molar-refractivity contribution is 0.0866. The van der Waals surface area contributed by atoms with E-state index in [9.17, 15) is 0 Å². The number of rotatable bonds is 3. The normalized spacial score (nSPS) is 37.4. The van der Waals surface area contributed by atoms with E-state index in [0.29, 0.717) is 0 Å². The van der Waals surface area contributed by atoms with Gasteiger partial charge < -0.3 is 10.8 Å². The molecule has 1 rings (SSSR count). The van der Waals surface area contributed by atoms with Gasteiger partial charge in [-0.1, -0.05) is 19.8 Å². The van der Waals surface area contributed by atoms with Gasteiger partial charge in [-0.25, -0.2) is 0 Å². The Morgan fingerprint density at radius 2 is 2.00 bits per heavy atom. The summed E-state index contributed by atoms with van der Waals surface area (Å²) >= 11 is 0. The first-order valence-corrected chi connectivity index (χ1v) is 5.47. The minimum Gasteiger partial charge on any atom is -0.396 e. The average molecular weight is 185 g/mol. The molecule has 1 saturated carbocycles. The van der Waals surface area contributed by atoms with Crippen molar-refractivity contribution in [3.8, 4) is 0 Å². The molecule has 0 radical (unpaired) electrons. The van der Waals surface area contributed by atoms with Gasteiger partial charge in [-0.15, -0.1) is 0 Å². The van der Waals surface area contributed by atoms with Gasteiger partial charge in [0.15, 0.2) is 0 Å². The monoisotopic (exact) mass is 185 g/mol. The predicted octanol–water partition coefficient (Wildman–Crippen LogP) is 1.91. The fourth-order valence-electron chi connectivity index (χ4n) is 2.49. The van der Waals surface area contributed by atoms with Gasteiger partial charge in [-0.05, 0) is 37.5 Å². The molecule has 0 bridgehead atoms. The van der Waals surface area contributed by atoms with E-state index in [0.717, 1.165) is 12.3 Å². The first-order valence-electron chi connectivity index (χ1n) is 5.47. The van der Waals surface area contributed by atoms with Crippen LogP contribution in [0.3, 0.4) is 0 Å². The van der Waals surface area contributed by atoms with Crippen LogP contribution >= 0.6 is 0 Å². The number of aliphatic hydroxyl groups excluding tert-OH is 1. The van der Waals surface area contributed by atoms with Gasteiger partial charge in [0.25, 0.3) is 0 Å². The standard InChI is InChI=1S/C11H23NO/c1-9-3-5-11(6-4-9,7-8-13)10(2)12/h9-10,13H,3-8,12H2,1-2H3. The van der Waals surface area contributed by atoms with Crippen LogP contribution in [0.5, 0.6) is 0 Å². The molecule has 1 atom stereocenters. The van der Waals surface area contributed by atoms with Crippen LogP contribution in [0, 0.1) is 11.3 Å². The Bertz CT molecular complexity index is 148. The van der Waals surface area contributed by atoms with E-state index < -0.39 is 0 Å². The largest absolute Gasteiger partial charge is 0.396 e. The van der Waals surface area contributed by atoms with Gasteiger partial charge in [0.05, 0.1) is 0 Å². The van der Waals surface area contributed by atoms with Crippen molar-refractivity contribution in [3.05, 3.63) is 0 Å². The first-order chi connectivity index (χ1) is 6.10. The Hall–Kier alpha value is -0.0800. The van der Waals surface area contributed by atoms with Gasteiger partial charge in [0, 0.05) is 12.6 Å². The van der Waals surface area contributed by atoms with E-state index in [2.05, 4.69) is 13.8 Å². The average Bonchev–Trinajstić information content (AvgIpc) is 2.09. The molecule has 0 heterocycles. The minimum absolute atomic E-state index is 0.229. The molecule has 1 fully saturated rings. The van der Waals surface area contributed by atoms with Crippen LogP contribution in [0.15, 0.2) is 0 Å². The second-order valence-corrected chi connectivity index (χ2v) is 4.81. The van der Waals surface area contributed by atoms with Gasteiger partial charge in [0.1, 0.15) is 0 Å². The summed E-state index contributed by atoms with van der Waals surface area (Å²) in [5, 5.41) is 9.04. The maximum absolute atomic E-state index is 9.04. The van der Waals surface area contributed by atoms with Crippen molar-refractivity contribution < 1.29 is 5.11 Å². The highest BCUT2D eigenvalue weighted by atomic mass is 16.3. The fourth-order valence-corrected chi connectivity index (χ4v) is 2.49. The molecule has 0 aliphatic heterocycles. The molecule has 1 aliphatic carbocycles. The second kappa shape index (κ2) is 4.43. The van der Waals surface area contributed by atoms with Crippen LogP contribution in [-0.4, -0.2) is 17.8 Å². The second-order valence-electron chi connectivity index (χ2n) is 4.81. The molecular weight excluding hydrogens is 162 g/mol. The maximum Gasteiger partial charge on any atom is 0.0436 e. The summed E-state index contributed by atoms with van der Waals surface area (Å²) in [6.45, 7) is 4.69. The van der Waals surface area contributed by atoms with Crippen LogP contribution in [0.2, 0.25) is 0 Å². The molecule has 2 nitrogen and oxygen atoms in total. The zero-order valence-corrected chi connectivity index (χ0v) is 8.92. The molecule has 78 valence electrons. The summed E-state index contributed by atoms with van der Waals surface area (Å²) in [6, 6.07) is 0.229. The summed E-state index contributed by atoms with van der Waals surface area (Å²) in [5.74, 6) is 0.852. The summed E-state index contributed by atoms with van der Waals surface area (Å²) < 4.78 is 0. The van der Waals surface area contributed by atoms with Gasteiger partial charge in [0.2, 0.25) is 0 Å². The molecule has 0 aromatic heterocycles. The molecule has 0 spiro atoms. The lowest BCUT2D eigenvalue weighted by atomic mass is 9.65. The number of hydrogen-bond acceptors (Lipinski definition) is 2. The van der Waals surface area contributed by atoms with E-state index in [1.165, 1.54) is 25.7 Å². The zero-order valence-electron chi connectivity index (χ0n) is 8.92. The molecule has 0 saturated heterocycles. The Kier molecular flexibility index (Phi) is 3.74. The molecular formula is C11H23NO. The predicted molar refractivity (Wildman–Crippen MR) is 55.4 cm³/mol. The first kappa shape index (κ1) is 11.0. The highest BCUT2D eigenvalue weighted by Crippen LogP contribution is 2.43. The molecule has 0 aromatic rings. The smallest absolute Gasteiger partial charge is 0.0436 e. The van der Waals surface area contributed by atoms with Crippen LogP contribution in [0.1, 0.15) is 46.0 Å². The van der Waals surface area contributed by atoms with Crippen LogP contribution < -0.4 is 5.73 Å². The van der Waals surface area contributed by atoms with Crippen LogP contribution in [-0.2, 0) is 0 Å². The van der Waals surface area contributed by atoms with Gasteiger partial charge in [-0.3, -0.25) is 0 Å². The molecule has 1 unspecified atom stereocenters. The van der Waals surface area contributed by atoms with Crippen molar-refractivity contribution in [1.29, 1.82) is 0 Å². The summed E-state index contributed by atoms with van der Waals surface area (Å²) in [6.07, 6.45) is 5.85. The summed E-state index contributed by atoms with van der Waals surface area (Å²) in [7, 11) is 0. The lowest BCUT2D eigenvalue weighted by Crippen LogP contribution is -2.42. The summed E-state index contributed by atoms with van der Waals surface area (Å²) in [4.78, 5) is 0. The van der Waals surface area contributed by atoms with Crippen molar-refractivity contribution >= 4 is 0 Å². The highest BCUT2D eigenvalue weighted by molar-refractivity contribution is 4.90. The molecule has 13 heavy (non-hydrogen) atoms. The molecule has 0 amide bonds. The van der Waals surface area contributed by atoms with Gasteiger partial charge in [-0.2, -0.15) is 0 Å². The topological polar surface area (TPSA) is 46.2 Å². The summed E-state index contributed by atoms with van der Waals surface area (Å²) in [5.41, 5.74) is 6.26. The maximum atomic E-state index is 9.04. The SMILES string of the molecule is CC1CCC(CCO)(C(C)N)CC1. The fraction of sp³-hybridized carbons (Fsp3) is 1.00. The number of nitrogens with two attached hydrogens (primary N) is 1. The Labute approximate surface area is 81.5 Å². The minimum atomic E-state index is 0.229. The van der Waals surface area contributed by atoms with E-state index >= 15 is 0 Å². The van der Waals surface area contributed by atoms with E-state index in [4.69, 9.17) is 10.8 Å². The molecule has 1 aliphatic rings. The third-order valence-electron chi connectivity index (χ3n) is 3.85. The Morgan fingerprint density at radius 1 is 1.46 bits per heavy atom. The van der Waals surface area contributed by atoms with Crippen molar-refractivity contribution in [2.45, 2.75) is 52.0 Å². The molecule has 0 aromatic carbocycles. The number of aliphatic hydroxyl groups is 1. The number of hydrogen-bond donors (Lipinski definition) is 2. The van der Waals surface area contributed by atoms with Gasteiger partial charge >= 0.3 is 0 Å².